The third-order valence-corrected chi connectivity index (χ3v) is 6.69. The molecule has 0 spiro atoms. The Kier molecular flexibility index (Phi) is 9.28. The van der Waals surface area contributed by atoms with Crippen molar-refractivity contribution in [1.29, 1.82) is 0 Å². The van der Waals surface area contributed by atoms with Crippen LogP contribution in [0.5, 0.6) is 11.5 Å². The number of hydrogen-bond acceptors (Lipinski definition) is 4. The van der Waals surface area contributed by atoms with Crippen molar-refractivity contribution in [1.82, 2.24) is 0 Å². The van der Waals surface area contributed by atoms with Crippen molar-refractivity contribution in [3.05, 3.63) is 120 Å². The molecule has 0 bridgehead atoms. The molecule has 0 saturated heterocycles. The highest BCUT2D eigenvalue weighted by Gasteiger charge is 2.06. The number of aryl methyl sites for hydroxylation is 1. The summed E-state index contributed by atoms with van der Waals surface area (Å²) in [6.07, 6.45) is 2.14. The highest BCUT2D eigenvalue weighted by atomic mass is 32.2. The number of thioether (sulfide) groups is 1. The van der Waals surface area contributed by atoms with Gasteiger partial charge in [0.05, 0.1) is 7.11 Å². The number of methoxy groups -OCH3 is 1. The third-order valence-electron chi connectivity index (χ3n) is 5.77. The van der Waals surface area contributed by atoms with Crippen molar-refractivity contribution in [2.45, 2.75) is 11.8 Å². The molecule has 0 aromatic heterocycles. The quantitative estimate of drug-likeness (QED) is 0.185. The first-order chi connectivity index (χ1) is 18.5. The van der Waals surface area contributed by atoms with E-state index < -0.39 is 5.97 Å². The van der Waals surface area contributed by atoms with Gasteiger partial charge in [-0.1, -0.05) is 72.5 Å². The number of carbonyl (C=O) groups is 1. The second-order valence-corrected chi connectivity index (χ2v) is 9.55. The second kappa shape index (κ2) is 13.2. The Morgan fingerprint density at radius 2 is 1.63 bits per heavy atom. The van der Waals surface area contributed by atoms with Crippen LogP contribution in [0.15, 0.2) is 108 Å². The van der Waals surface area contributed by atoms with Gasteiger partial charge in [-0.25, -0.2) is 4.79 Å². The summed E-state index contributed by atoms with van der Waals surface area (Å²) in [6.45, 7) is 1.56. The Morgan fingerprint density at radius 1 is 0.921 bits per heavy atom. The molecule has 0 heterocycles. The molecule has 38 heavy (non-hydrogen) atoms. The Bertz CT molecular complexity index is 1460. The third kappa shape index (κ3) is 7.55. The molecule has 1 N–H and O–H groups in total. The maximum Gasteiger partial charge on any atom is 0.341 e. The van der Waals surface area contributed by atoms with Gasteiger partial charge >= 0.3 is 5.97 Å². The van der Waals surface area contributed by atoms with Gasteiger partial charge in [-0.15, -0.1) is 11.8 Å². The molecule has 4 aromatic rings. The average Bonchev–Trinajstić information content (AvgIpc) is 2.95. The fraction of sp³-hybridized carbons (Fsp3) is 0.121. The van der Waals surface area contributed by atoms with E-state index in [1.54, 1.807) is 18.9 Å². The number of allylic oxidation sites excluding steroid dienone is 1. The predicted octanol–water partition coefficient (Wildman–Crippen LogP) is 7.36. The maximum absolute atomic E-state index is 10.8. The zero-order chi connectivity index (χ0) is 26.7. The lowest BCUT2D eigenvalue weighted by atomic mass is 10.0. The summed E-state index contributed by atoms with van der Waals surface area (Å²) in [7, 11) is 1.65. The van der Waals surface area contributed by atoms with Crippen molar-refractivity contribution in [2.75, 3.05) is 19.5 Å². The molecule has 0 amide bonds. The van der Waals surface area contributed by atoms with Gasteiger partial charge in [-0.05, 0) is 71.6 Å². The van der Waals surface area contributed by atoms with Crippen molar-refractivity contribution in [3.8, 4) is 34.5 Å². The van der Waals surface area contributed by atoms with Crippen LogP contribution >= 0.6 is 11.8 Å². The van der Waals surface area contributed by atoms with Crippen LogP contribution < -0.4 is 9.47 Å². The van der Waals surface area contributed by atoms with Crippen molar-refractivity contribution < 1.29 is 19.4 Å². The number of carboxylic acid groups (broad SMARTS) is 1. The van der Waals surface area contributed by atoms with E-state index in [0.29, 0.717) is 5.75 Å². The standard InChI is InChI=1S/C33H28O4S/c1-24-22-31(18-19-32(24)37-23-33(34)35)38-21-20-29(11-8-25-9-16-30(36-2)17-10-25)28-14-12-27(13-15-28)26-6-4-3-5-7-26/h3-7,9-10,12-20,22H,21,23H2,1-2H3,(H,34,35). The molecule has 190 valence electrons. The van der Waals surface area contributed by atoms with Crippen molar-refractivity contribution in [2.24, 2.45) is 0 Å². The van der Waals surface area contributed by atoms with Gasteiger partial charge < -0.3 is 14.6 Å². The first-order valence-electron chi connectivity index (χ1n) is 12.1. The molecule has 0 aliphatic carbocycles. The molecule has 4 aromatic carbocycles. The number of ether oxygens (including phenoxy) is 2. The van der Waals surface area contributed by atoms with E-state index in [9.17, 15) is 4.79 Å². The molecular weight excluding hydrogens is 492 g/mol. The van der Waals surface area contributed by atoms with E-state index in [0.717, 1.165) is 44.2 Å². The Hall–Kier alpha value is -4.40. The lowest BCUT2D eigenvalue weighted by Crippen LogP contribution is -2.09. The van der Waals surface area contributed by atoms with E-state index in [-0.39, 0.29) is 6.61 Å². The van der Waals surface area contributed by atoms with E-state index in [4.69, 9.17) is 14.6 Å². The average molecular weight is 521 g/mol. The summed E-state index contributed by atoms with van der Waals surface area (Å²) < 4.78 is 10.6. The summed E-state index contributed by atoms with van der Waals surface area (Å²) in [4.78, 5) is 11.9. The zero-order valence-electron chi connectivity index (χ0n) is 21.3. The minimum Gasteiger partial charge on any atom is -0.497 e. The molecule has 0 fully saturated rings. The first kappa shape index (κ1) is 26.7. The van der Waals surface area contributed by atoms with E-state index >= 15 is 0 Å². The summed E-state index contributed by atoms with van der Waals surface area (Å²) in [5, 5.41) is 8.84. The smallest absolute Gasteiger partial charge is 0.341 e. The van der Waals surface area contributed by atoms with Crippen LogP contribution in [0.4, 0.5) is 0 Å². The first-order valence-corrected chi connectivity index (χ1v) is 13.1. The van der Waals surface area contributed by atoms with Crippen LogP contribution in [0.1, 0.15) is 16.7 Å². The Morgan fingerprint density at radius 3 is 2.29 bits per heavy atom. The fourth-order valence-corrected chi connectivity index (χ4v) is 4.63. The number of aliphatic carboxylic acids is 1. The van der Waals surface area contributed by atoms with Crippen LogP contribution in [-0.4, -0.2) is 30.5 Å². The molecule has 4 nitrogen and oxygen atoms in total. The molecule has 0 aliphatic rings. The molecule has 0 atom stereocenters. The van der Waals surface area contributed by atoms with Gasteiger partial charge in [-0.3, -0.25) is 0 Å². The highest BCUT2D eigenvalue weighted by molar-refractivity contribution is 7.99. The van der Waals surface area contributed by atoms with E-state index in [2.05, 4.69) is 54.3 Å². The Balaban J connectivity index is 1.54. The minimum atomic E-state index is -0.993. The minimum absolute atomic E-state index is 0.352. The van der Waals surface area contributed by atoms with Crippen LogP contribution in [0.25, 0.3) is 16.7 Å². The predicted molar refractivity (Wildman–Crippen MR) is 155 cm³/mol. The van der Waals surface area contributed by atoms with Gasteiger partial charge in [0.15, 0.2) is 6.61 Å². The van der Waals surface area contributed by atoms with Gasteiger partial charge in [0.2, 0.25) is 0 Å². The summed E-state index contributed by atoms with van der Waals surface area (Å²) in [5.41, 5.74) is 6.16. The second-order valence-electron chi connectivity index (χ2n) is 8.46. The van der Waals surface area contributed by atoms with Gasteiger partial charge in [-0.2, -0.15) is 0 Å². The largest absolute Gasteiger partial charge is 0.497 e. The molecule has 0 aliphatic heterocycles. The molecule has 0 radical (unpaired) electrons. The van der Waals surface area contributed by atoms with E-state index in [1.807, 2.05) is 67.6 Å². The van der Waals surface area contributed by atoms with Gasteiger partial charge in [0, 0.05) is 21.8 Å². The number of benzene rings is 4. The molecular formula is C33H28O4S. The lowest BCUT2D eigenvalue weighted by Gasteiger charge is -2.09. The van der Waals surface area contributed by atoms with E-state index in [1.165, 1.54) is 5.56 Å². The summed E-state index contributed by atoms with van der Waals surface area (Å²) in [5.74, 6) is 7.76. The van der Waals surface area contributed by atoms with Crippen LogP contribution in [0.2, 0.25) is 0 Å². The van der Waals surface area contributed by atoms with Crippen LogP contribution in [0.3, 0.4) is 0 Å². The number of rotatable bonds is 9. The summed E-state index contributed by atoms with van der Waals surface area (Å²) in [6, 6.07) is 32.3. The molecule has 5 heteroatoms. The molecule has 0 unspecified atom stereocenters. The Labute approximate surface area is 228 Å². The monoisotopic (exact) mass is 520 g/mol. The molecule has 4 rings (SSSR count). The maximum atomic E-state index is 10.8. The SMILES string of the molecule is COc1ccc(C#CC(=CCSc2ccc(OCC(=O)O)c(C)c2)c2ccc(-c3ccccc3)cc2)cc1. The van der Waals surface area contributed by atoms with Gasteiger partial charge in [0.1, 0.15) is 11.5 Å². The molecule has 0 saturated carbocycles. The van der Waals surface area contributed by atoms with Crippen molar-refractivity contribution in [3.63, 3.8) is 0 Å². The highest BCUT2D eigenvalue weighted by Crippen LogP contribution is 2.27. The van der Waals surface area contributed by atoms with Crippen molar-refractivity contribution >= 4 is 23.3 Å². The number of hydrogen-bond donors (Lipinski definition) is 1. The fourth-order valence-electron chi connectivity index (χ4n) is 3.76. The zero-order valence-corrected chi connectivity index (χ0v) is 22.1. The van der Waals surface area contributed by atoms with Crippen LogP contribution in [0, 0.1) is 18.8 Å². The lowest BCUT2D eigenvalue weighted by molar-refractivity contribution is -0.139. The number of carboxylic acids is 1. The topological polar surface area (TPSA) is 55.8 Å². The van der Waals surface area contributed by atoms with Crippen LogP contribution in [-0.2, 0) is 4.79 Å². The summed E-state index contributed by atoms with van der Waals surface area (Å²) >= 11 is 1.68. The van der Waals surface area contributed by atoms with Gasteiger partial charge in [0.25, 0.3) is 0 Å². The normalized spacial score (nSPS) is 10.8.